The van der Waals surface area contributed by atoms with E-state index in [1.165, 1.54) is 5.56 Å². The van der Waals surface area contributed by atoms with E-state index in [1.807, 2.05) is 61.5 Å². The summed E-state index contributed by atoms with van der Waals surface area (Å²) in [5.41, 5.74) is 3.65. The van der Waals surface area contributed by atoms with Crippen molar-refractivity contribution in [1.82, 2.24) is 14.9 Å². The zero-order valence-corrected chi connectivity index (χ0v) is 17.7. The van der Waals surface area contributed by atoms with Crippen LogP contribution in [0.15, 0.2) is 72.8 Å². The van der Waals surface area contributed by atoms with Gasteiger partial charge in [0.2, 0.25) is 0 Å². The standard InChI is InChI=1S/C25H25N3O3/c1-18-10-12-20(13-11-18)31-15-14-28-23-9-4-3-8-22(23)27-24(28)17-26-25(29)19-6-5-7-21(16-19)30-2/h3-13,16H,14-15,17H2,1-2H3,(H,26,29). The van der Waals surface area contributed by atoms with E-state index in [1.54, 1.807) is 25.3 Å². The molecule has 1 N–H and O–H groups in total. The Balaban J connectivity index is 1.47. The number of aryl methyl sites for hydroxylation is 1. The van der Waals surface area contributed by atoms with Gasteiger partial charge < -0.3 is 19.4 Å². The van der Waals surface area contributed by atoms with Gasteiger partial charge in [0.25, 0.3) is 5.91 Å². The second-order valence-electron chi connectivity index (χ2n) is 7.24. The molecule has 0 spiro atoms. The summed E-state index contributed by atoms with van der Waals surface area (Å²) in [6.45, 7) is 3.49. The van der Waals surface area contributed by atoms with Gasteiger partial charge in [-0.05, 0) is 49.4 Å². The molecule has 6 nitrogen and oxygen atoms in total. The van der Waals surface area contributed by atoms with E-state index < -0.39 is 0 Å². The third-order valence-electron chi connectivity index (χ3n) is 5.08. The average Bonchev–Trinajstić information content (AvgIpc) is 3.16. The van der Waals surface area contributed by atoms with Crippen LogP contribution in [0.3, 0.4) is 0 Å². The quantitative estimate of drug-likeness (QED) is 0.464. The van der Waals surface area contributed by atoms with Crippen LogP contribution in [0.5, 0.6) is 11.5 Å². The zero-order valence-electron chi connectivity index (χ0n) is 17.7. The predicted molar refractivity (Wildman–Crippen MR) is 121 cm³/mol. The molecule has 0 atom stereocenters. The highest BCUT2D eigenvalue weighted by Crippen LogP contribution is 2.18. The van der Waals surface area contributed by atoms with Crippen molar-refractivity contribution in [3.63, 3.8) is 0 Å². The predicted octanol–water partition coefficient (Wildman–Crippen LogP) is 4.36. The van der Waals surface area contributed by atoms with Gasteiger partial charge in [-0.1, -0.05) is 35.9 Å². The number of amides is 1. The number of carbonyl (C=O) groups excluding carboxylic acids is 1. The van der Waals surface area contributed by atoms with Crippen molar-refractivity contribution < 1.29 is 14.3 Å². The normalized spacial score (nSPS) is 10.8. The Morgan fingerprint density at radius 3 is 2.61 bits per heavy atom. The summed E-state index contributed by atoms with van der Waals surface area (Å²) in [6, 6.07) is 23.0. The van der Waals surface area contributed by atoms with Crippen LogP contribution < -0.4 is 14.8 Å². The summed E-state index contributed by atoms with van der Waals surface area (Å²) in [5, 5.41) is 2.96. The van der Waals surface area contributed by atoms with E-state index >= 15 is 0 Å². The van der Waals surface area contributed by atoms with Gasteiger partial charge in [-0.15, -0.1) is 0 Å². The van der Waals surface area contributed by atoms with Crippen molar-refractivity contribution in [2.75, 3.05) is 13.7 Å². The topological polar surface area (TPSA) is 65.4 Å². The molecule has 1 amide bonds. The van der Waals surface area contributed by atoms with Crippen LogP contribution >= 0.6 is 0 Å². The highest BCUT2D eigenvalue weighted by molar-refractivity contribution is 5.94. The maximum absolute atomic E-state index is 12.6. The number of nitrogens with zero attached hydrogens (tertiary/aromatic N) is 2. The number of para-hydroxylation sites is 2. The van der Waals surface area contributed by atoms with Crippen LogP contribution in [0.4, 0.5) is 0 Å². The molecule has 3 aromatic carbocycles. The Labute approximate surface area is 181 Å². The molecule has 1 heterocycles. The number of hydrogen-bond donors (Lipinski definition) is 1. The molecule has 0 saturated carbocycles. The summed E-state index contributed by atoms with van der Waals surface area (Å²) in [5.74, 6) is 2.09. The number of imidazole rings is 1. The highest BCUT2D eigenvalue weighted by atomic mass is 16.5. The molecular formula is C25H25N3O3. The smallest absolute Gasteiger partial charge is 0.251 e. The van der Waals surface area contributed by atoms with Crippen LogP contribution in [0.25, 0.3) is 11.0 Å². The molecule has 31 heavy (non-hydrogen) atoms. The van der Waals surface area contributed by atoms with Crippen molar-refractivity contribution in [3.8, 4) is 11.5 Å². The van der Waals surface area contributed by atoms with E-state index in [-0.39, 0.29) is 5.91 Å². The van der Waals surface area contributed by atoms with Gasteiger partial charge in [-0.3, -0.25) is 4.79 Å². The maximum atomic E-state index is 12.6. The number of carbonyl (C=O) groups is 1. The maximum Gasteiger partial charge on any atom is 0.251 e. The Bertz CT molecular complexity index is 1180. The fourth-order valence-corrected chi connectivity index (χ4v) is 3.42. The van der Waals surface area contributed by atoms with E-state index in [9.17, 15) is 4.79 Å². The van der Waals surface area contributed by atoms with E-state index in [4.69, 9.17) is 14.5 Å². The number of aromatic nitrogens is 2. The molecule has 1 aromatic heterocycles. The lowest BCUT2D eigenvalue weighted by Gasteiger charge is -2.12. The van der Waals surface area contributed by atoms with Crippen molar-refractivity contribution in [3.05, 3.63) is 89.7 Å². The third kappa shape index (κ3) is 4.86. The van der Waals surface area contributed by atoms with E-state index in [0.717, 1.165) is 22.6 Å². The van der Waals surface area contributed by atoms with Crippen molar-refractivity contribution >= 4 is 16.9 Å². The number of hydrogen-bond acceptors (Lipinski definition) is 4. The molecule has 0 unspecified atom stereocenters. The SMILES string of the molecule is COc1cccc(C(=O)NCc2nc3ccccc3n2CCOc2ccc(C)cc2)c1. The zero-order chi connectivity index (χ0) is 21.6. The molecule has 0 aliphatic rings. The van der Waals surface area contributed by atoms with Crippen LogP contribution in [-0.4, -0.2) is 29.2 Å². The van der Waals surface area contributed by atoms with Crippen molar-refractivity contribution in [1.29, 1.82) is 0 Å². The molecule has 0 aliphatic heterocycles. The lowest BCUT2D eigenvalue weighted by atomic mass is 10.2. The lowest BCUT2D eigenvalue weighted by Crippen LogP contribution is -2.25. The molecule has 0 radical (unpaired) electrons. The second-order valence-corrected chi connectivity index (χ2v) is 7.24. The number of nitrogens with one attached hydrogen (secondary N) is 1. The van der Waals surface area contributed by atoms with Crippen LogP contribution in [0, 0.1) is 6.92 Å². The Morgan fingerprint density at radius 2 is 1.81 bits per heavy atom. The van der Waals surface area contributed by atoms with Gasteiger partial charge in [0, 0.05) is 5.56 Å². The number of rotatable bonds is 8. The first-order valence-corrected chi connectivity index (χ1v) is 10.2. The summed E-state index contributed by atoms with van der Waals surface area (Å²) < 4.78 is 13.2. The summed E-state index contributed by atoms with van der Waals surface area (Å²) in [4.78, 5) is 17.3. The molecule has 4 rings (SSSR count). The fraction of sp³-hybridized carbons (Fsp3) is 0.200. The number of ether oxygens (including phenoxy) is 2. The average molecular weight is 415 g/mol. The van der Waals surface area contributed by atoms with Gasteiger partial charge in [0.1, 0.15) is 23.9 Å². The van der Waals surface area contributed by atoms with Gasteiger partial charge >= 0.3 is 0 Å². The Hall–Kier alpha value is -3.80. The van der Waals surface area contributed by atoms with Gasteiger partial charge in [0.05, 0.1) is 31.2 Å². The first kappa shape index (κ1) is 20.5. The summed E-state index contributed by atoms with van der Waals surface area (Å²) >= 11 is 0. The van der Waals surface area contributed by atoms with Crippen LogP contribution in [0.2, 0.25) is 0 Å². The molecule has 158 valence electrons. The molecule has 0 aliphatic carbocycles. The highest BCUT2D eigenvalue weighted by Gasteiger charge is 2.13. The number of benzene rings is 3. The third-order valence-corrected chi connectivity index (χ3v) is 5.08. The minimum Gasteiger partial charge on any atom is -0.497 e. The number of fused-ring (bicyclic) bond motifs is 1. The minimum absolute atomic E-state index is 0.173. The number of methoxy groups -OCH3 is 1. The molecule has 0 saturated heterocycles. The van der Waals surface area contributed by atoms with Gasteiger partial charge in [0.15, 0.2) is 0 Å². The first-order valence-electron chi connectivity index (χ1n) is 10.2. The van der Waals surface area contributed by atoms with E-state index in [2.05, 4.69) is 9.88 Å². The summed E-state index contributed by atoms with van der Waals surface area (Å²) in [6.07, 6.45) is 0. The monoisotopic (exact) mass is 415 g/mol. The molecule has 6 heteroatoms. The van der Waals surface area contributed by atoms with Gasteiger partial charge in [-0.25, -0.2) is 4.98 Å². The minimum atomic E-state index is -0.173. The molecule has 4 aromatic rings. The first-order chi connectivity index (χ1) is 15.1. The van der Waals surface area contributed by atoms with Crippen LogP contribution in [0.1, 0.15) is 21.7 Å². The largest absolute Gasteiger partial charge is 0.497 e. The fourth-order valence-electron chi connectivity index (χ4n) is 3.42. The van der Waals surface area contributed by atoms with Crippen molar-refractivity contribution in [2.45, 2.75) is 20.0 Å². The Kier molecular flexibility index (Phi) is 6.17. The second kappa shape index (κ2) is 9.34. The molecule has 0 fully saturated rings. The lowest BCUT2D eigenvalue weighted by molar-refractivity contribution is 0.0949. The van der Waals surface area contributed by atoms with E-state index in [0.29, 0.717) is 31.0 Å². The van der Waals surface area contributed by atoms with Crippen molar-refractivity contribution in [2.24, 2.45) is 0 Å². The van der Waals surface area contributed by atoms with Crippen LogP contribution in [-0.2, 0) is 13.1 Å². The molecule has 0 bridgehead atoms. The summed E-state index contributed by atoms with van der Waals surface area (Å²) in [7, 11) is 1.58. The molecular weight excluding hydrogens is 390 g/mol. The Morgan fingerprint density at radius 1 is 1.00 bits per heavy atom. The van der Waals surface area contributed by atoms with Gasteiger partial charge in [-0.2, -0.15) is 0 Å².